The van der Waals surface area contributed by atoms with Crippen molar-refractivity contribution in [3.8, 4) is 0 Å². The first-order chi connectivity index (χ1) is 8.84. The van der Waals surface area contributed by atoms with Gasteiger partial charge in [-0.15, -0.1) is 0 Å². The average molecular weight is 227 g/mol. The van der Waals surface area contributed by atoms with E-state index in [4.69, 9.17) is 7.85 Å². The van der Waals surface area contributed by atoms with Crippen LogP contribution in [0.2, 0.25) is 0 Å². The highest BCUT2D eigenvalue weighted by Crippen LogP contribution is 2.30. The molecule has 3 aromatic carbocycles. The van der Waals surface area contributed by atoms with Crippen LogP contribution in [0.1, 0.15) is 0 Å². The predicted octanol–water partition coefficient (Wildman–Crippen LogP) is 3.27. The van der Waals surface area contributed by atoms with Gasteiger partial charge in [0.2, 0.25) is 0 Å². The summed E-state index contributed by atoms with van der Waals surface area (Å²) in [4.78, 5) is 3.43. The standard InChI is InChI=1S/C16H10BN/c17-13-9-15-16(11-6-2-1-5-10(11)13)12-7-3-4-8-14(12)18-15/h1-9,18H. The molecule has 0 atom stereocenters. The van der Waals surface area contributed by atoms with Crippen molar-refractivity contribution in [3.05, 3.63) is 54.6 Å². The zero-order chi connectivity index (χ0) is 12.1. The Morgan fingerprint density at radius 3 is 2.22 bits per heavy atom. The number of hydrogen-bond acceptors (Lipinski definition) is 0. The Balaban J connectivity index is 2.39. The maximum absolute atomic E-state index is 6.12. The molecule has 0 spiro atoms. The Morgan fingerprint density at radius 2 is 1.39 bits per heavy atom. The van der Waals surface area contributed by atoms with Crippen LogP contribution in [0, 0.1) is 0 Å². The lowest BCUT2D eigenvalue weighted by Gasteiger charge is -2.04. The zero-order valence-electron chi connectivity index (χ0n) is 9.77. The van der Waals surface area contributed by atoms with Crippen LogP contribution in [-0.2, 0) is 0 Å². The van der Waals surface area contributed by atoms with Crippen molar-refractivity contribution in [2.45, 2.75) is 0 Å². The van der Waals surface area contributed by atoms with E-state index < -0.39 is 0 Å². The molecule has 18 heavy (non-hydrogen) atoms. The molecular formula is C16H10BN. The number of para-hydroxylation sites is 1. The highest BCUT2D eigenvalue weighted by atomic mass is 14.7. The van der Waals surface area contributed by atoms with Gasteiger partial charge in [-0.25, -0.2) is 0 Å². The Morgan fingerprint density at radius 1 is 0.722 bits per heavy atom. The van der Waals surface area contributed by atoms with E-state index in [1.54, 1.807) is 0 Å². The van der Waals surface area contributed by atoms with Crippen LogP contribution in [0.5, 0.6) is 0 Å². The van der Waals surface area contributed by atoms with Gasteiger partial charge in [-0.2, -0.15) is 0 Å². The molecule has 2 heteroatoms. The molecule has 1 N–H and O–H groups in total. The average Bonchev–Trinajstić information content (AvgIpc) is 2.77. The highest BCUT2D eigenvalue weighted by Gasteiger charge is 2.08. The maximum Gasteiger partial charge on any atom is 0.114 e. The summed E-state index contributed by atoms with van der Waals surface area (Å²) >= 11 is 0. The normalized spacial score (nSPS) is 11.6. The van der Waals surface area contributed by atoms with Gasteiger partial charge in [-0.05, 0) is 22.9 Å². The molecule has 4 rings (SSSR count). The molecule has 1 heterocycles. The fourth-order valence-electron chi connectivity index (χ4n) is 2.75. The molecule has 1 nitrogen and oxygen atoms in total. The van der Waals surface area contributed by atoms with Crippen molar-refractivity contribution in [2.75, 3.05) is 0 Å². The van der Waals surface area contributed by atoms with Crippen molar-refractivity contribution in [3.63, 3.8) is 0 Å². The van der Waals surface area contributed by atoms with Gasteiger partial charge in [0.05, 0.1) is 0 Å². The number of hydrogen-bond donors (Lipinski definition) is 1. The first-order valence-electron chi connectivity index (χ1n) is 6.02. The lowest BCUT2D eigenvalue weighted by atomic mass is 9.88. The Kier molecular flexibility index (Phi) is 1.84. The van der Waals surface area contributed by atoms with E-state index in [1.807, 2.05) is 18.2 Å². The molecule has 4 aromatic rings. The molecule has 1 aromatic heterocycles. The quantitative estimate of drug-likeness (QED) is 0.444. The Bertz CT molecular complexity index is 889. The second-order valence-electron chi connectivity index (χ2n) is 4.60. The van der Waals surface area contributed by atoms with Gasteiger partial charge in [0, 0.05) is 21.8 Å². The van der Waals surface area contributed by atoms with Crippen molar-refractivity contribution < 1.29 is 0 Å². The van der Waals surface area contributed by atoms with Crippen molar-refractivity contribution in [2.24, 2.45) is 0 Å². The number of aromatic amines is 1. The third-order valence-electron chi connectivity index (χ3n) is 3.54. The minimum Gasteiger partial charge on any atom is -0.355 e. The van der Waals surface area contributed by atoms with E-state index in [0.717, 1.165) is 21.9 Å². The van der Waals surface area contributed by atoms with E-state index in [9.17, 15) is 0 Å². The first kappa shape index (κ1) is 9.78. The minimum absolute atomic E-state index is 0.824. The Hall–Kier alpha value is -2.22. The molecule has 0 amide bonds. The third kappa shape index (κ3) is 1.18. The molecule has 0 aliphatic rings. The van der Waals surface area contributed by atoms with E-state index in [0.29, 0.717) is 0 Å². The molecule has 0 unspecified atom stereocenters. The second-order valence-corrected chi connectivity index (χ2v) is 4.60. The summed E-state index contributed by atoms with van der Waals surface area (Å²) in [5, 5.41) is 4.85. The molecule has 0 aliphatic heterocycles. The minimum atomic E-state index is 0.824. The third-order valence-corrected chi connectivity index (χ3v) is 3.54. The van der Waals surface area contributed by atoms with Crippen LogP contribution >= 0.6 is 0 Å². The van der Waals surface area contributed by atoms with Gasteiger partial charge in [-0.3, -0.25) is 0 Å². The fraction of sp³-hybridized carbons (Fsp3) is 0. The fourth-order valence-corrected chi connectivity index (χ4v) is 2.75. The van der Waals surface area contributed by atoms with E-state index in [-0.39, 0.29) is 0 Å². The summed E-state index contributed by atoms with van der Waals surface area (Å²) < 4.78 is 0. The molecule has 0 fully saturated rings. The number of nitrogens with one attached hydrogen (secondary N) is 1. The van der Waals surface area contributed by atoms with Gasteiger partial charge in [0.15, 0.2) is 0 Å². The Labute approximate surface area is 106 Å². The summed E-state index contributed by atoms with van der Waals surface area (Å²) in [6.45, 7) is 0. The summed E-state index contributed by atoms with van der Waals surface area (Å²) in [7, 11) is 6.12. The summed E-state index contributed by atoms with van der Waals surface area (Å²) in [6.07, 6.45) is 0. The van der Waals surface area contributed by atoms with Gasteiger partial charge >= 0.3 is 0 Å². The maximum atomic E-state index is 6.12. The van der Waals surface area contributed by atoms with Crippen molar-refractivity contribution in [1.82, 2.24) is 4.98 Å². The van der Waals surface area contributed by atoms with E-state index >= 15 is 0 Å². The smallest absolute Gasteiger partial charge is 0.114 e. The molecule has 2 radical (unpaired) electrons. The van der Waals surface area contributed by atoms with Crippen molar-refractivity contribution in [1.29, 1.82) is 0 Å². The number of rotatable bonds is 0. The molecule has 0 saturated carbocycles. The monoisotopic (exact) mass is 227 g/mol. The first-order valence-corrected chi connectivity index (χ1v) is 6.02. The van der Waals surface area contributed by atoms with E-state index in [2.05, 4.69) is 41.4 Å². The van der Waals surface area contributed by atoms with Crippen LogP contribution in [0.3, 0.4) is 0 Å². The van der Waals surface area contributed by atoms with Crippen molar-refractivity contribution >= 4 is 45.9 Å². The summed E-state index contributed by atoms with van der Waals surface area (Å²) in [6, 6.07) is 18.7. The zero-order valence-corrected chi connectivity index (χ0v) is 9.77. The second kappa shape index (κ2) is 3.39. The summed E-state index contributed by atoms with van der Waals surface area (Å²) in [5.74, 6) is 0. The lowest BCUT2D eigenvalue weighted by molar-refractivity contribution is 1.56. The van der Waals surface area contributed by atoms with Crippen LogP contribution in [0.25, 0.3) is 32.6 Å². The van der Waals surface area contributed by atoms with E-state index in [1.165, 1.54) is 16.2 Å². The van der Waals surface area contributed by atoms with Crippen LogP contribution in [0.15, 0.2) is 54.6 Å². The highest BCUT2D eigenvalue weighted by molar-refractivity contribution is 6.42. The molecule has 0 aliphatic carbocycles. The lowest BCUT2D eigenvalue weighted by Crippen LogP contribution is -2.03. The summed E-state index contributed by atoms with van der Waals surface area (Å²) in [5.41, 5.74) is 3.08. The number of benzene rings is 3. The van der Waals surface area contributed by atoms with Gasteiger partial charge in [-0.1, -0.05) is 47.9 Å². The number of H-pyrrole nitrogens is 1. The topological polar surface area (TPSA) is 15.8 Å². The number of aromatic nitrogens is 1. The van der Waals surface area contributed by atoms with Crippen LogP contribution < -0.4 is 5.46 Å². The van der Waals surface area contributed by atoms with Crippen LogP contribution in [-0.4, -0.2) is 12.8 Å². The van der Waals surface area contributed by atoms with Gasteiger partial charge in [0.25, 0.3) is 0 Å². The molecule has 0 saturated heterocycles. The largest absolute Gasteiger partial charge is 0.355 e. The van der Waals surface area contributed by atoms with Gasteiger partial charge < -0.3 is 4.98 Å². The predicted molar refractivity (Wildman–Crippen MR) is 78.7 cm³/mol. The molecular weight excluding hydrogens is 217 g/mol. The number of fused-ring (bicyclic) bond motifs is 5. The van der Waals surface area contributed by atoms with Crippen LogP contribution in [0.4, 0.5) is 0 Å². The van der Waals surface area contributed by atoms with Gasteiger partial charge in [0.1, 0.15) is 7.85 Å². The SMILES string of the molecule is [B]c1cc2[nH]c3ccccc3c2c2ccccc12. The molecule has 0 bridgehead atoms. The molecule has 82 valence electrons.